The van der Waals surface area contributed by atoms with E-state index in [1.807, 2.05) is 12.1 Å². The van der Waals surface area contributed by atoms with Crippen molar-refractivity contribution in [2.75, 3.05) is 13.1 Å². The van der Waals surface area contributed by atoms with Crippen molar-refractivity contribution >= 4 is 11.8 Å². The van der Waals surface area contributed by atoms with Crippen molar-refractivity contribution < 1.29 is 18.7 Å². The molecule has 2 amide bonds. The molecule has 0 unspecified atom stereocenters. The number of likely N-dealkylation sites (tertiary alicyclic amines) is 1. The highest BCUT2D eigenvalue weighted by atomic mass is 19.1. The molecule has 0 aliphatic carbocycles. The molecule has 1 aliphatic heterocycles. The molecule has 0 spiro atoms. The van der Waals surface area contributed by atoms with Gasteiger partial charge in [-0.1, -0.05) is 12.1 Å². The highest BCUT2D eigenvalue weighted by Gasteiger charge is 2.34. The van der Waals surface area contributed by atoms with Crippen molar-refractivity contribution in [1.29, 1.82) is 0 Å². The average Bonchev–Trinajstić information content (AvgIpc) is 3.15. The molecule has 0 radical (unpaired) electrons. The van der Waals surface area contributed by atoms with E-state index >= 15 is 0 Å². The molecule has 0 bridgehead atoms. The minimum Gasteiger partial charge on any atom is -0.457 e. The van der Waals surface area contributed by atoms with Crippen LogP contribution in [0.2, 0.25) is 0 Å². The van der Waals surface area contributed by atoms with E-state index in [9.17, 15) is 14.0 Å². The topological polar surface area (TPSA) is 98.7 Å². The summed E-state index contributed by atoms with van der Waals surface area (Å²) in [6.45, 7) is 0.937. The van der Waals surface area contributed by atoms with Crippen molar-refractivity contribution in [2.24, 2.45) is 11.5 Å². The number of primary amides is 1. The molecule has 0 saturated carbocycles. The van der Waals surface area contributed by atoms with Gasteiger partial charge < -0.3 is 21.1 Å². The third-order valence-corrected chi connectivity index (χ3v) is 4.60. The summed E-state index contributed by atoms with van der Waals surface area (Å²) in [4.78, 5) is 25.6. The molecule has 4 N–H and O–H groups in total. The second-order valence-electron chi connectivity index (χ2n) is 6.49. The van der Waals surface area contributed by atoms with Crippen LogP contribution >= 0.6 is 0 Å². The molecule has 2 aromatic carbocycles. The summed E-state index contributed by atoms with van der Waals surface area (Å²) in [7, 11) is 0. The number of nitrogens with two attached hydrogens (primary N) is 2. The molecule has 142 valence electrons. The van der Waals surface area contributed by atoms with Gasteiger partial charge in [-0.2, -0.15) is 0 Å². The van der Waals surface area contributed by atoms with E-state index in [1.54, 1.807) is 12.1 Å². The normalized spacial score (nSPS) is 16.4. The van der Waals surface area contributed by atoms with E-state index in [0.29, 0.717) is 37.4 Å². The maximum Gasteiger partial charge on any atom is 0.257 e. The Hall–Kier alpha value is -2.93. The number of halogens is 1. The number of ether oxygens (including phenoxy) is 1. The number of benzene rings is 2. The van der Waals surface area contributed by atoms with Gasteiger partial charge >= 0.3 is 0 Å². The highest BCUT2D eigenvalue weighted by Crippen LogP contribution is 2.27. The summed E-state index contributed by atoms with van der Waals surface area (Å²) < 4.78 is 20.0. The molecule has 1 atom stereocenters. The van der Waals surface area contributed by atoms with Crippen LogP contribution in [0.4, 0.5) is 4.39 Å². The predicted octanol–water partition coefficient (Wildman–Crippen LogP) is 2.21. The van der Waals surface area contributed by atoms with Crippen LogP contribution in [0.5, 0.6) is 11.5 Å². The summed E-state index contributed by atoms with van der Waals surface area (Å²) in [5.41, 5.74) is 11.8. The number of amides is 2. The fraction of sp³-hybridized carbons (Fsp3) is 0.300. The van der Waals surface area contributed by atoms with E-state index in [-0.39, 0.29) is 5.56 Å². The lowest BCUT2D eigenvalue weighted by Crippen LogP contribution is -2.43. The smallest absolute Gasteiger partial charge is 0.257 e. The van der Waals surface area contributed by atoms with Gasteiger partial charge in [0.25, 0.3) is 5.91 Å². The molecular weight excluding hydrogens is 349 g/mol. The SMILES string of the molecule is NCCc1ccc(Oc2ccc(F)c(C(=O)N3CCC[C@H]3C(N)=O)c2)cc1. The zero-order valence-corrected chi connectivity index (χ0v) is 14.9. The molecular formula is C20H22FN3O3. The Morgan fingerprint density at radius 3 is 2.52 bits per heavy atom. The number of carbonyl (C=O) groups is 2. The van der Waals surface area contributed by atoms with Crippen molar-refractivity contribution in [3.05, 3.63) is 59.4 Å². The van der Waals surface area contributed by atoms with Crippen molar-refractivity contribution in [1.82, 2.24) is 4.90 Å². The highest BCUT2D eigenvalue weighted by molar-refractivity contribution is 5.98. The lowest BCUT2D eigenvalue weighted by molar-refractivity contribution is -0.121. The van der Waals surface area contributed by atoms with E-state index in [0.717, 1.165) is 12.0 Å². The van der Waals surface area contributed by atoms with Crippen LogP contribution in [0.3, 0.4) is 0 Å². The third kappa shape index (κ3) is 4.25. The van der Waals surface area contributed by atoms with Crippen LogP contribution in [-0.4, -0.2) is 35.8 Å². The second-order valence-corrected chi connectivity index (χ2v) is 6.49. The van der Waals surface area contributed by atoms with Gasteiger partial charge in [-0.3, -0.25) is 9.59 Å². The Balaban J connectivity index is 1.79. The van der Waals surface area contributed by atoms with E-state index in [4.69, 9.17) is 16.2 Å². The molecule has 7 heteroatoms. The van der Waals surface area contributed by atoms with Gasteiger partial charge in [0.1, 0.15) is 23.4 Å². The second kappa shape index (κ2) is 8.18. The maximum atomic E-state index is 14.2. The van der Waals surface area contributed by atoms with Crippen molar-refractivity contribution in [2.45, 2.75) is 25.3 Å². The number of hydrogen-bond donors (Lipinski definition) is 2. The molecule has 1 heterocycles. The van der Waals surface area contributed by atoms with Crippen LogP contribution in [0, 0.1) is 5.82 Å². The van der Waals surface area contributed by atoms with Gasteiger partial charge in [-0.25, -0.2) is 4.39 Å². The summed E-state index contributed by atoms with van der Waals surface area (Å²) in [6, 6.07) is 10.7. The number of carbonyl (C=O) groups excluding carboxylic acids is 2. The molecule has 0 aromatic heterocycles. The van der Waals surface area contributed by atoms with Gasteiger partial charge in [-0.15, -0.1) is 0 Å². The standard InChI is InChI=1S/C20H22FN3O3/c21-17-8-7-15(27-14-5-3-13(4-6-14)9-10-22)12-16(17)20(26)24-11-1-2-18(24)19(23)25/h3-8,12,18H,1-2,9-11,22H2,(H2,23,25)/t18-/m0/s1. The first-order chi connectivity index (χ1) is 13.0. The summed E-state index contributed by atoms with van der Waals surface area (Å²) in [5, 5.41) is 0. The van der Waals surface area contributed by atoms with Crippen LogP contribution in [-0.2, 0) is 11.2 Å². The molecule has 6 nitrogen and oxygen atoms in total. The first kappa shape index (κ1) is 18.8. The Kier molecular flexibility index (Phi) is 5.71. The van der Waals surface area contributed by atoms with Crippen molar-refractivity contribution in [3.63, 3.8) is 0 Å². The van der Waals surface area contributed by atoms with Gasteiger partial charge in [-0.05, 0) is 61.7 Å². The summed E-state index contributed by atoms with van der Waals surface area (Å²) in [5.74, 6) is -0.900. The van der Waals surface area contributed by atoms with E-state index < -0.39 is 23.7 Å². The Bertz CT molecular complexity index is 839. The Morgan fingerprint density at radius 2 is 1.85 bits per heavy atom. The first-order valence-corrected chi connectivity index (χ1v) is 8.86. The first-order valence-electron chi connectivity index (χ1n) is 8.86. The van der Waals surface area contributed by atoms with E-state index in [2.05, 4.69) is 0 Å². The van der Waals surface area contributed by atoms with Gasteiger partial charge in [0.15, 0.2) is 0 Å². The molecule has 1 fully saturated rings. The van der Waals surface area contributed by atoms with Crippen LogP contribution < -0.4 is 16.2 Å². The fourth-order valence-corrected chi connectivity index (χ4v) is 3.22. The Morgan fingerprint density at radius 1 is 1.15 bits per heavy atom. The predicted molar refractivity (Wildman–Crippen MR) is 98.9 cm³/mol. The van der Waals surface area contributed by atoms with Crippen LogP contribution in [0.15, 0.2) is 42.5 Å². The minimum atomic E-state index is -0.698. The number of rotatable bonds is 6. The quantitative estimate of drug-likeness (QED) is 0.813. The van der Waals surface area contributed by atoms with Crippen LogP contribution in [0.25, 0.3) is 0 Å². The Labute approximate surface area is 156 Å². The molecule has 27 heavy (non-hydrogen) atoms. The average molecular weight is 371 g/mol. The van der Waals surface area contributed by atoms with Gasteiger partial charge in [0, 0.05) is 6.54 Å². The molecule has 2 aromatic rings. The molecule has 1 saturated heterocycles. The molecule has 1 aliphatic rings. The van der Waals surface area contributed by atoms with E-state index in [1.165, 1.54) is 23.1 Å². The largest absolute Gasteiger partial charge is 0.457 e. The number of hydrogen-bond acceptors (Lipinski definition) is 4. The lowest BCUT2D eigenvalue weighted by Gasteiger charge is -2.22. The van der Waals surface area contributed by atoms with Gasteiger partial charge in [0.05, 0.1) is 5.56 Å². The zero-order chi connectivity index (χ0) is 19.4. The maximum absolute atomic E-state index is 14.2. The summed E-state index contributed by atoms with van der Waals surface area (Å²) >= 11 is 0. The zero-order valence-electron chi connectivity index (χ0n) is 14.9. The third-order valence-electron chi connectivity index (χ3n) is 4.60. The monoisotopic (exact) mass is 371 g/mol. The van der Waals surface area contributed by atoms with Gasteiger partial charge in [0.2, 0.25) is 5.91 Å². The summed E-state index contributed by atoms with van der Waals surface area (Å²) in [6.07, 6.45) is 1.92. The van der Waals surface area contributed by atoms with Crippen molar-refractivity contribution in [3.8, 4) is 11.5 Å². The fourth-order valence-electron chi connectivity index (χ4n) is 3.22. The lowest BCUT2D eigenvalue weighted by atomic mass is 10.1. The van der Waals surface area contributed by atoms with Crippen LogP contribution in [0.1, 0.15) is 28.8 Å². The number of nitrogens with zero attached hydrogens (tertiary/aromatic N) is 1. The minimum absolute atomic E-state index is 0.139. The molecule has 3 rings (SSSR count).